The van der Waals surface area contributed by atoms with Crippen LogP contribution in [0.2, 0.25) is 0 Å². The molecule has 0 atom stereocenters. The number of hydrogen-bond donors (Lipinski definition) is 0. The van der Waals surface area contributed by atoms with Crippen LogP contribution in [0.15, 0.2) is 54.7 Å². The molecule has 0 aromatic carbocycles. The molecule has 0 unspecified atom stereocenters. The van der Waals surface area contributed by atoms with Crippen molar-refractivity contribution in [3.63, 3.8) is 0 Å². The zero-order valence-corrected chi connectivity index (χ0v) is 7.11. The van der Waals surface area contributed by atoms with Gasteiger partial charge in [0.05, 0.1) is 0 Å². The van der Waals surface area contributed by atoms with Gasteiger partial charge in [0.15, 0.2) is 0 Å². The molecule has 1 aliphatic rings. The zero-order valence-electron chi connectivity index (χ0n) is 7.11. The van der Waals surface area contributed by atoms with Gasteiger partial charge in [-0.3, -0.25) is 0 Å². The molecule has 12 heavy (non-hydrogen) atoms. The van der Waals surface area contributed by atoms with Crippen molar-refractivity contribution in [1.82, 2.24) is 0 Å². The summed E-state index contributed by atoms with van der Waals surface area (Å²) in [5.41, 5.74) is 0. The van der Waals surface area contributed by atoms with Crippen LogP contribution in [-0.2, 0) is 0 Å². The van der Waals surface area contributed by atoms with Crippen molar-refractivity contribution in [3.8, 4) is 0 Å². The van der Waals surface area contributed by atoms with Crippen LogP contribution in [-0.4, -0.2) is 0 Å². The second-order valence-electron chi connectivity index (χ2n) is 2.49. The Morgan fingerprint density at radius 3 is 2.50 bits per heavy atom. The van der Waals surface area contributed by atoms with Crippen LogP contribution in [0.5, 0.6) is 0 Å². The summed E-state index contributed by atoms with van der Waals surface area (Å²) in [6, 6.07) is 0. The lowest BCUT2D eigenvalue weighted by Crippen LogP contribution is -1.62. The molecule has 61 valence electrons. The highest BCUT2D eigenvalue weighted by Crippen LogP contribution is 1.93. The van der Waals surface area contributed by atoms with Gasteiger partial charge >= 0.3 is 0 Å². The highest BCUT2D eigenvalue weighted by Gasteiger charge is 1.72. The van der Waals surface area contributed by atoms with E-state index in [0.717, 1.165) is 12.8 Å². The molecule has 0 aliphatic heterocycles. The Bertz CT molecular complexity index is 211. The standard InChI is InChI=1S/C12H13/c1-2-4-6-8-10-12-11-9-7-5-3-1/h1-5,8-11H,6,12H2/b3-1-,4-2+,7-5?,10-8-,11-9-. The summed E-state index contributed by atoms with van der Waals surface area (Å²) < 4.78 is 0. The average Bonchev–Trinajstić information content (AvgIpc) is 2.05. The van der Waals surface area contributed by atoms with Gasteiger partial charge < -0.3 is 0 Å². The van der Waals surface area contributed by atoms with E-state index in [1.54, 1.807) is 0 Å². The molecule has 0 saturated carbocycles. The summed E-state index contributed by atoms with van der Waals surface area (Å²) in [6.07, 6.45) is 23.5. The third-order valence-electron chi connectivity index (χ3n) is 1.48. The average molecular weight is 157 g/mol. The predicted octanol–water partition coefficient (Wildman–Crippen LogP) is 3.36. The first-order valence-electron chi connectivity index (χ1n) is 4.21. The largest absolute Gasteiger partial charge is 0.0844 e. The number of hydrogen-bond acceptors (Lipinski definition) is 0. The van der Waals surface area contributed by atoms with E-state index in [1.807, 2.05) is 30.4 Å². The van der Waals surface area contributed by atoms with Gasteiger partial charge in [-0.1, -0.05) is 54.7 Å². The van der Waals surface area contributed by atoms with Crippen molar-refractivity contribution < 1.29 is 0 Å². The van der Waals surface area contributed by atoms with Crippen molar-refractivity contribution in [2.45, 2.75) is 12.8 Å². The van der Waals surface area contributed by atoms with E-state index in [9.17, 15) is 0 Å². The lowest BCUT2D eigenvalue weighted by atomic mass is 10.2. The maximum Gasteiger partial charge on any atom is -0.0166 e. The highest BCUT2D eigenvalue weighted by molar-refractivity contribution is 5.14. The summed E-state index contributed by atoms with van der Waals surface area (Å²) in [5, 5.41) is 0. The van der Waals surface area contributed by atoms with Crippen LogP contribution in [0.4, 0.5) is 0 Å². The molecule has 0 spiro atoms. The van der Waals surface area contributed by atoms with E-state index < -0.39 is 0 Å². The van der Waals surface area contributed by atoms with Crippen molar-refractivity contribution in [1.29, 1.82) is 0 Å². The summed E-state index contributed by atoms with van der Waals surface area (Å²) in [6.45, 7) is 0. The molecule has 0 aromatic rings. The van der Waals surface area contributed by atoms with Crippen LogP contribution >= 0.6 is 0 Å². The molecule has 1 rings (SSSR count). The van der Waals surface area contributed by atoms with Crippen molar-refractivity contribution >= 4 is 0 Å². The van der Waals surface area contributed by atoms with Gasteiger partial charge in [0.1, 0.15) is 0 Å². The van der Waals surface area contributed by atoms with Gasteiger partial charge in [-0.25, -0.2) is 0 Å². The topological polar surface area (TPSA) is 0 Å². The predicted molar refractivity (Wildman–Crippen MR) is 53.6 cm³/mol. The van der Waals surface area contributed by atoms with Crippen LogP contribution in [0.3, 0.4) is 0 Å². The zero-order chi connectivity index (χ0) is 8.49. The van der Waals surface area contributed by atoms with Gasteiger partial charge in [-0.05, 0) is 18.9 Å². The summed E-state index contributed by atoms with van der Waals surface area (Å²) >= 11 is 0. The maximum atomic E-state index is 3.04. The minimum Gasteiger partial charge on any atom is -0.0844 e. The first kappa shape index (κ1) is 8.79. The van der Waals surface area contributed by atoms with Gasteiger partial charge in [0, 0.05) is 0 Å². The monoisotopic (exact) mass is 157 g/mol. The van der Waals surface area contributed by atoms with E-state index in [1.165, 1.54) is 0 Å². The highest BCUT2D eigenvalue weighted by atomic mass is 13.8. The third kappa shape index (κ3) is 4.51. The Morgan fingerprint density at radius 2 is 1.58 bits per heavy atom. The van der Waals surface area contributed by atoms with E-state index in [4.69, 9.17) is 0 Å². The summed E-state index contributed by atoms with van der Waals surface area (Å²) in [4.78, 5) is 0. The fourth-order valence-electron chi connectivity index (χ4n) is 0.874. The molecule has 0 fully saturated rings. The molecule has 0 bridgehead atoms. The first-order chi connectivity index (χ1) is 6.00. The van der Waals surface area contributed by atoms with Crippen molar-refractivity contribution in [3.05, 3.63) is 60.8 Å². The fraction of sp³-hybridized carbons (Fsp3) is 0.167. The second-order valence-corrected chi connectivity index (χ2v) is 2.49. The van der Waals surface area contributed by atoms with Gasteiger partial charge in [-0.15, -0.1) is 0 Å². The molecular formula is C12H13. The Morgan fingerprint density at radius 1 is 0.750 bits per heavy atom. The summed E-state index contributed by atoms with van der Waals surface area (Å²) in [5.74, 6) is 0. The quantitative estimate of drug-likeness (QED) is 0.473. The lowest BCUT2D eigenvalue weighted by molar-refractivity contribution is 1.31. The van der Waals surface area contributed by atoms with E-state index >= 15 is 0 Å². The van der Waals surface area contributed by atoms with Gasteiger partial charge in [-0.2, -0.15) is 0 Å². The molecule has 0 nitrogen and oxygen atoms in total. The molecule has 1 aliphatic carbocycles. The van der Waals surface area contributed by atoms with Crippen molar-refractivity contribution in [2.75, 3.05) is 0 Å². The van der Waals surface area contributed by atoms with Crippen LogP contribution in [0, 0.1) is 6.08 Å². The lowest BCUT2D eigenvalue weighted by Gasteiger charge is -1.83. The van der Waals surface area contributed by atoms with Crippen molar-refractivity contribution in [2.24, 2.45) is 0 Å². The molecule has 1 radical (unpaired) electrons. The SMILES string of the molecule is [C]1=C/C=C\C=C\C/C=C\C\C=C/1. The molecule has 0 heteroatoms. The van der Waals surface area contributed by atoms with E-state index in [0.29, 0.717) is 0 Å². The molecule has 0 aromatic heterocycles. The third-order valence-corrected chi connectivity index (χ3v) is 1.48. The molecule has 0 N–H and O–H groups in total. The minimum absolute atomic E-state index is 0.998. The molecular weight excluding hydrogens is 144 g/mol. The Labute approximate surface area is 74.3 Å². The van der Waals surface area contributed by atoms with Gasteiger partial charge in [0.2, 0.25) is 0 Å². The minimum atomic E-state index is 0.998. The maximum absolute atomic E-state index is 3.04. The normalized spacial score (nSPS) is 30.7. The smallest absolute Gasteiger partial charge is 0.0166 e. The Balaban J connectivity index is 2.55. The number of allylic oxidation sites excluding steroid dienone is 10. The Kier molecular flexibility index (Phi) is 4.70. The van der Waals surface area contributed by atoms with Gasteiger partial charge in [0.25, 0.3) is 0 Å². The van der Waals surface area contributed by atoms with Crippen LogP contribution in [0.1, 0.15) is 12.8 Å². The Hall–Kier alpha value is -1.30. The molecule has 0 amide bonds. The fourth-order valence-corrected chi connectivity index (χ4v) is 0.874. The van der Waals surface area contributed by atoms with Crippen LogP contribution in [0.25, 0.3) is 0 Å². The summed E-state index contributed by atoms with van der Waals surface area (Å²) in [7, 11) is 0. The first-order valence-corrected chi connectivity index (χ1v) is 4.21. The number of rotatable bonds is 0. The second kappa shape index (κ2) is 6.41. The van der Waals surface area contributed by atoms with E-state index in [2.05, 4.69) is 30.4 Å². The molecule has 0 saturated heterocycles. The molecule has 0 heterocycles. The van der Waals surface area contributed by atoms with Crippen LogP contribution < -0.4 is 0 Å². The van der Waals surface area contributed by atoms with E-state index in [-0.39, 0.29) is 0 Å².